The molecule has 0 spiro atoms. The van der Waals surface area contributed by atoms with Gasteiger partial charge in [0.05, 0.1) is 14.2 Å². The minimum atomic E-state index is -0.212. The Morgan fingerprint density at radius 1 is 1.14 bits per heavy atom. The lowest BCUT2D eigenvalue weighted by Gasteiger charge is -2.13. The van der Waals surface area contributed by atoms with Crippen LogP contribution in [-0.4, -0.2) is 20.1 Å². The van der Waals surface area contributed by atoms with Crippen LogP contribution in [0.5, 0.6) is 11.5 Å². The topological polar surface area (TPSA) is 47.6 Å². The third-order valence-corrected chi connectivity index (χ3v) is 3.78. The SMILES string of the molecule is COc1cc(C(=O)NCc2ccccc2Cl)cc(OC)c1C. The third kappa shape index (κ3) is 3.52. The molecule has 5 heteroatoms. The van der Waals surface area contributed by atoms with Gasteiger partial charge in [0.1, 0.15) is 11.5 Å². The van der Waals surface area contributed by atoms with Gasteiger partial charge >= 0.3 is 0 Å². The van der Waals surface area contributed by atoms with Crippen molar-refractivity contribution >= 4 is 17.5 Å². The maximum Gasteiger partial charge on any atom is 0.251 e. The quantitative estimate of drug-likeness (QED) is 0.916. The van der Waals surface area contributed by atoms with Crippen molar-refractivity contribution in [2.24, 2.45) is 0 Å². The molecule has 2 aromatic carbocycles. The number of amides is 1. The first-order valence-electron chi connectivity index (χ1n) is 6.81. The zero-order chi connectivity index (χ0) is 16.1. The summed E-state index contributed by atoms with van der Waals surface area (Å²) >= 11 is 6.08. The zero-order valence-corrected chi connectivity index (χ0v) is 13.5. The number of rotatable bonds is 5. The van der Waals surface area contributed by atoms with Crippen LogP contribution < -0.4 is 14.8 Å². The zero-order valence-electron chi connectivity index (χ0n) is 12.8. The average molecular weight is 320 g/mol. The standard InChI is InChI=1S/C17H18ClNO3/c1-11-15(21-2)8-13(9-16(11)22-3)17(20)19-10-12-6-4-5-7-14(12)18/h4-9H,10H2,1-3H3,(H,19,20). The van der Waals surface area contributed by atoms with Gasteiger partial charge in [0, 0.05) is 22.7 Å². The Morgan fingerprint density at radius 2 is 1.73 bits per heavy atom. The Kier molecular flexibility index (Phi) is 5.28. The summed E-state index contributed by atoms with van der Waals surface area (Å²) in [5.74, 6) is 1.01. The van der Waals surface area contributed by atoms with E-state index < -0.39 is 0 Å². The second kappa shape index (κ2) is 7.18. The van der Waals surface area contributed by atoms with E-state index in [9.17, 15) is 4.79 Å². The Hall–Kier alpha value is -2.20. The minimum Gasteiger partial charge on any atom is -0.496 e. The summed E-state index contributed by atoms with van der Waals surface area (Å²) in [5.41, 5.74) is 2.20. The van der Waals surface area contributed by atoms with Crippen molar-refractivity contribution in [3.63, 3.8) is 0 Å². The van der Waals surface area contributed by atoms with Crippen molar-refractivity contribution in [3.05, 3.63) is 58.1 Å². The predicted molar refractivity (Wildman–Crippen MR) is 86.9 cm³/mol. The molecule has 22 heavy (non-hydrogen) atoms. The van der Waals surface area contributed by atoms with Gasteiger partial charge in [-0.2, -0.15) is 0 Å². The van der Waals surface area contributed by atoms with E-state index in [0.717, 1.165) is 11.1 Å². The lowest BCUT2D eigenvalue weighted by atomic mass is 10.1. The van der Waals surface area contributed by atoms with Gasteiger partial charge in [0.2, 0.25) is 0 Å². The second-order valence-corrected chi connectivity index (χ2v) is 5.19. The highest BCUT2D eigenvalue weighted by atomic mass is 35.5. The van der Waals surface area contributed by atoms with Gasteiger partial charge in [-0.05, 0) is 30.7 Å². The molecule has 0 aliphatic carbocycles. The van der Waals surface area contributed by atoms with Crippen molar-refractivity contribution in [3.8, 4) is 11.5 Å². The van der Waals surface area contributed by atoms with E-state index >= 15 is 0 Å². The van der Waals surface area contributed by atoms with E-state index in [1.165, 1.54) is 0 Å². The van der Waals surface area contributed by atoms with Crippen LogP contribution in [0.25, 0.3) is 0 Å². The molecule has 1 amide bonds. The number of benzene rings is 2. The molecule has 0 heterocycles. The number of carbonyl (C=O) groups is 1. The Balaban J connectivity index is 2.18. The van der Waals surface area contributed by atoms with Crippen molar-refractivity contribution in [2.45, 2.75) is 13.5 Å². The normalized spacial score (nSPS) is 10.2. The Bertz CT molecular complexity index is 660. The Labute approximate surface area is 135 Å². The summed E-state index contributed by atoms with van der Waals surface area (Å²) in [6.45, 7) is 2.24. The van der Waals surface area contributed by atoms with Gasteiger partial charge in [-0.25, -0.2) is 0 Å². The van der Waals surface area contributed by atoms with Gasteiger partial charge in [-0.1, -0.05) is 29.8 Å². The molecule has 0 aromatic heterocycles. The number of ether oxygens (including phenoxy) is 2. The van der Waals surface area contributed by atoms with Crippen LogP contribution in [0, 0.1) is 6.92 Å². The molecular weight excluding hydrogens is 302 g/mol. The average Bonchev–Trinajstić information content (AvgIpc) is 2.54. The number of carbonyl (C=O) groups excluding carboxylic acids is 1. The number of hydrogen-bond donors (Lipinski definition) is 1. The van der Waals surface area contributed by atoms with E-state index in [1.54, 1.807) is 32.4 Å². The van der Waals surface area contributed by atoms with E-state index in [0.29, 0.717) is 28.6 Å². The summed E-state index contributed by atoms with van der Waals surface area (Å²) in [6, 6.07) is 10.8. The van der Waals surface area contributed by atoms with Crippen LogP contribution >= 0.6 is 11.6 Å². The molecule has 2 aromatic rings. The molecule has 1 N–H and O–H groups in total. The fourth-order valence-electron chi connectivity index (χ4n) is 2.14. The molecule has 0 fully saturated rings. The third-order valence-electron chi connectivity index (χ3n) is 3.41. The lowest BCUT2D eigenvalue weighted by Crippen LogP contribution is -2.23. The second-order valence-electron chi connectivity index (χ2n) is 4.78. The molecule has 0 saturated heterocycles. The molecule has 4 nitrogen and oxygen atoms in total. The lowest BCUT2D eigenvalue weighted by molar-refractivity contribution is 0.0950. The van der Waals surface area contributed by atoms with Crippen molar-refractivity contribution in [2.75, 3.05) is 14.2 Å². The first-order valence-corrected chi connectivity index (χ1v) is 7.18. The van der Waals surface area contributed by atoms with Crippen LogP contribution in [0.4, 0.5) is 0 Å². The fraction of sp³-hybridized carbons (Fsp3) is 0.235. The van der Waals surface area contributed by atoms with E-state index in [1.807, 2.05) is 25.1 Å². The van der Waals surface area contributed by atoms with Crippen LogP contribution in [0.1, 0.15) is 21.5 Å². The number of methoxy groups -OCH3 is 2. The maximum absolute atomic E-state index is 12.3. The molecule has 0 atom stereocenters. The molecule has 0 radical (unpaired) electrons. The molecule has 2 rings (SSSR count). The maximum atomic E-state index is 12.3. The Morgan fingerprint density at radius 3 is 2.27 bits per heavy atom. The first kappa shape index (κ1) is 16.2. The number of nitrogens with one attached hydrogen (secondary N) is 1. The number of halogens is 1. The smallest absolute Gasteiger partial charge is 0.251 e. The summed E-state index contributed by atoms with van der Waals surface area (Å²) in [5, 5.41) is 3.47. The molecular formula is C17H18ClNO3. The molecule has 0 unspecified atom stereocenters. The van der Waals surface area contributed by atoms with E-state index in [4.69, 9.17) is 21.1 Å². The van der Waals surface area contributed by atoms with Crippen LogP contribution in [0.15, 0.2) is 36.4 Å². The summed E-state index contributed by atoms with van der Waals surface area (Å²) in [6.07, 6.45) is 0. The van der Waals surface area contributed by atoms with Crippen molar-refractivity contribution in [1.82, 2.24) is 5.32 Å². The highest BCUT2D eigenvalue weighted by Crippen LogP contribution is 2.29. The highest BCUT2D eigenvalue weighted by Gasteiger charge is 2.13. The summed E-state index contributed by atoms with van der Waals surface area (Å²) < 4.78 is 10.6. The van der Waals surface area contributed by atoms with Crippen LogP contribution in [0.2, 0.25) is 5.02 Å². The molecule has 116 valence electrons. The highest BCUT2D eigenvalue weighted by molar-refractivity contribution is 6.31. The van der Waals surface area contributed by atoms with E-state index in [-0.39, 0.29) is 5.91 Å². The summed E-state index contributed by atoms with van der Waals surface area (Å²) in [7, 11) is 3.13. The monoisotopic (exact) mass is 319 g/mol. The first-order chi connectivity index (χ1) is 10.6. The largest absolute Gasteiger partial charge is 0.496 e. The van der Waals surface area contributed by atoms with Crippen LogP contribution in [0.3, 0.4) is 0 Å². The molecule has 0 bridgehead atoms. The van der Waals surface area contributed by atoms with Gasteiger partial charge < -0.3 is 14.8 Å². The van der Waals surface area contributed by atoms with Crippen LogP contribution in [-0.2, 0) is 6.54 Å². The molecule has 0 saturated carbocycles. The fourth-order valence-corrected chi connectivity index (χ4v) is 2.34. The van der Waals surface area contributed by atoms with Gasteiger partial charge in [0.25, 0.3) is 5.91 Å². The van der Waals surface area contributed by atoms with E-state index in [2.05, 4.69) is 5.32 Å². The van der Waals surface area contributed by atoms with Crippen molar-refractivity contribution in [1.29, 1.82) is 0 Å². The predicted octanol–water partition coefficient (Wildman–Crippen LogP) is 3.60. The van der Waals surface area contributed by atoms with Crippen molar-refractivity contribution < 1.29 is 14.3 Å². The minimum absolute atomic E-state index is 0.212. The van der Waals surface area contributed by atoms with Gasteiger partial charge in [-0.3, -0.25) is 4.79 Å². The molecule has 0 aliphatic rings. The van der Waals surface area contributed by atoms with Gasteiger partial charge in [0.15, 0.2) is 0 Å². The number of hydrogen-bond acceptors (Lipinski definition) is 3. The summed E-state index contributed by atoms with van der Waals surface area (Å²) in [4.78, 5) is 12.3. The molecule has 0 aliphatic heterocycles. The van der Waals surface area contributed by atoms with Gasteiger partial charge in [-0.15, -0.1) is 0 Å².